The highest BCUT2D eigenvalue weighted by Crippen LogP contribution is 2.25. The first-order valence-electron chi connectivity index (χ1n) is 10.6. The predicted octanol–water partition coefficient (Wildman–Crippen LogP) is 3.29. The van der Waals surface area contributed by atoms with Crippen LogP contribution < -0.4 is 10.6 Å². The normalized spacial score (nSPS) is 11.7. The Hall–Kier alpha value is -3.81. The molecule has 0 aliphatic rings. The fraction of sp³-hybridized carbons (Fsp3) is 0.320. The zero-order valence-corrected chi connectivity index (χ0v) is 19.2. The Morgan fingerprint density at radius 3 is 2.39 bits per heavy atom. The molecule has 1 unspecified atom stereocenters. The number of phenolic OH excluding ortho intramolecular Hbond substituents is 1. The summed E-state index contributed by atoms with van der Waals surface area (Å²) in [7, 11) is 0. The van der Waals surface area contributed by atoms with Crippen LogP contribution in [0.2, 0.25) is 0 Å². The molecule has 3 amide bonds. The highest BCUT2D eigenvalue weighted by molar-refractivity contribution is 5.90. The van der Waals surface area contributed by atoms with Crippen LogP contribution in [0.3, 0.4) is 0 Å². The molecule has 0 aromatic heterocycles. The van der Waals surface area contributed by atoms with E-state index in [1.54, 1.807) is 32.9 Å². The maximum atomic E-state index is 13.2. The van der Waals surface area contributed by atoms with Crippen molar-refractivity contribution in [2.45, 2.75) is 39.0 Å². The molecule has 0 radical (unpaired) electrons. The summed E-state index contributed by atoms with van der Waals surface area (Å²) in [6, 6.07) is 14.5. The largest absolute Gasteiger partial charge is 0.508 e. The lowest BCUT2D eigenvalue weighted by atomic mass is 10.0. The van der Waals surface area contributed by atoms with Crippen molar-refractivity contribution < 1.29 is 24.2 Å². The predicted molar refractivity (Wildman–Crippen MR) is 125 cm³/mol. The van der Waals surface area contributed by atoms with Crippen LogP contribution in [-0.2, 0) is 20.9 Å². The van der Waals surface area contributed by atoms with Crippen LogP contribution >= 0.6 is 0 Å². The van der Waals surface area contributed by atoms with E-state index in [9.17, 15) is 19.5 Å². The molecule has 2 rings (SSSR count). The summed E-state index contributed by atoms with van der Waals surface area (Å²) < 4.78 is 5.17. The molecule has 33 heavy (non-hydrogen) atoms. The van der Waals surface area contributed by atoms with E-state index in [4.69, 9.17) is 4.74 Å². The lowest BCUT2D eigenvalue weighted by Crippen LogP contribution is -2.47. The van der Waals surface area contributed by atoms with Gasteiger partial charge in [-0.2, -0.15) is 0 Å². The minimum Gasteiger partial charge on any atom is -0.508 e. The molecule has 176 valence electrons. The van der Waals surface area contributed by atoms with Gasteiger partial charge >= 0.3 is 6.09 Å². The summed E-state index contributed by atoms with van der Waals surface area (Å²) in [5.41, 5.74) is 0.608. The van der Waals surface area contributed by atoms with Gasteiger partial charge in [0.05, 0.1) is 0 Å². The molecule has 0 aliphatic heterocycles. The standard InChI is InChI=1S/C25H31N3O5/c1-5-14-28(21(30)17-27-24(32)33-25(2,3)4)22(19-12-9-13-20(29)15-19)23(31)26-16-18-10-7-6-8-11-18/h5-13,15,22,29H,1,14,16-17H2,2-4H3,(H,26,31)(H,27,32). The van der Waals surface area contributed by atoms with Crippen molar-refractivity contribution in [1.82, 2.24) is 15.5 Å². The van der Waals surface area contributed by atoms with E-state index in [1.165, 1.54) is 23.1 Å². The maximum absolute atomic E-state index is 13.2. The Kier molecular flexibility index (Phi) is 9.03. The second-order valence-electron chi connectivity index (χ2n) is 8.39. The van der Waals surface area contributed by atoms with Crippen molar-refractivity contribution in [3.8, 4) is 5.75 Å². The number of amides is 3. The topological polar surface area (TPSA) is 108 Å². The van der Waals surface area contributed by atoms with E-state index in [1.807, 2.05) is 30.3 Å². The molecule has 2 aromatic rings. The fourth-order valence-corrected chi connectivity index (χ4v) is 3.10. The SMILES string of the molecule is C=CCN(C(=O)CNC(=O)OC(C)(C)C)C(C(=O)NCc1ccccc1)c1cccc(O)c1. The third-order valence-corrected chi connectivity index (χ3v) is 4.48. The highest BCUT2D eigenvalue weighted by Gasteiger charge is 2.31. The molecule has 0 heterocycles. The summed E-state index contributed by atoms with van der Waals surface area (Å²) in [5.74, 6) is -0.980. The number of nitrogens with zero attached hydrogens (tertiary/aromatic N) is 1. The quantitative estimate of drug-likeness (QED) is 0.505. The number of hydrogen-bond acceptors (Lipinski definition) is 5. The smallest absolute Gasteiger partial charge is 0.408 e. The number of alkyl carbamates (subject to hydrolysis) is 1. The number of nitrogens with one attached hydrogen (secondary N) is 2. The summed E-state index contributed by atoms with van der Waals surface area (Å²) >= 11 is 0. The molecule has 8 heteroatoms. The average molecular weight is 454 g/mol. The van der Waals surface area contributed by atoms with Gasteiger partial charge in [0.1, 0.15) is 23.9 Å². The van der Waals surface area contributed by atoms with Gasteiger partial charge in [0.25, 0.3) is 0 Å². The number of hydrogen-bond donors (Lipinski definition) is 3. The molecule has 2 aromatic carbocycles. The molecule has 0 aliphatic carbocycles. The second kappa shape index (κ2) is 11.7. The Bertz CT molecular complexity index is 970. The van der Waals surface area contributed by atoms with Crippen molar-refractivity contribution >= 4 is 17.9 Å². The summed E-state index contributed by atoms with van der Waals surface area (Å²) in [6.45, 7) is 8.78. The van der Waals surface area contributed by atoms with Crippen molar-refractivity contribution in [2.75, 3.05) is 13.1 Å². The van der Waals surface area contributed by atoms with Gasteiger partial charge in [-0.15, -0.1) is 6.58 Å². The molecule has 0 fully saturated rings. The highest BCUT2D eigenvalue weighted by atomic mass is 16.6. The molecule has 0 bridgehead atoms. The third kappa shape index (κ3) is 8.33. The number of aromatic hydroxyl groups is 1. The molecular formula is C25H31N3O5. The van der Waals surface area contributed by atoms with Gasteiger partial charge in [-0.25, -0.2) is 4.79 Å². The van der Waals surface area contributed by atoms with Gasteiger partial charge in [-0.1, -0.05) is 48.5 Å². The first-order valence-corrected chi connectivity index (χ1v) is 10.6. The molecular weight excluding hydrogens is 422 g/mol. The fourth-order valence-electron chi connectivity index (χ4n) is 3.10. The van der Waals surface area contributed by atoms with E-state index >= 15 is 0 Å². The lowest BCUT2D eigenvalue weighted by molar-refractivity contribution is -0.139. The Labute approximate surface area is 194 Å². The van der Waals surface area contributed by atoms with Gasteiger partial charge < -0.3 is 25.4 Å². The number of rotatable bonds is 9. The van der Waals surface area contributed by atoms with E-state index in [0.29, 0.717) is 5.56 Å². The number of ether oxygens (including phenoxy) is 1. The maximum Gasteiger partial charge on any atom is 0.408 e. The average Bonchev–Trinajstić information content (AvgIpc) is 2.75. The first-order chi connectivity index (χ1) is 15.6. The van der Waals surface area contributed by atoms with Crippen LogP contribution in [0.1, 0.15) is 37.9 Å². The third-order valence-electron chi connectivity index (χ3n) is 4.48. The zero-order valence-electron chi connectivity index (χ0n) is 19.2. The number of carbonyl (C=O) groups is 3. The summed E-state index contributed by atoms with van der Waals surface area (Å²) in [6.07, 6.45) is 0.753. The van der Waals surface area contributed by atoms with E-state index in [0.717, 1.165) is 5.56 Å². The van der Waals surface area contributed by atoms with Crippen molar-refractivity contribution in [3.05, 3.63) is 78.4 Å². The van der Waals surface area contributed by atoms with Gasteiger partial charge in [-0.3, -0.25) is 9.59 Å². The molecule has 0 saturated carbocycles. The Balaban J connectivity index is 2.24. The molecule has 0 spiro atoms. The van der Waals surface area contributed by atoms with Crippen LogP contribution in [0.4, 0.5) is 4.79 Å². The van der Waals surface area contributed by atoms with Gasteiger partial charge in [0.15, 0.2) is 0 Å². The summed E-state index contributed by atoms with van der Waals surface area (Å²) in [4.78, 5) is 39.6. The van der Waals surface area contributed by atoms with Crippen LogP contribution in [-0.4, -0.2) is 46.6 Å². The number of phenols is 1. The van der Waals surface area contributed by atoms with Crippen LogP contribution in [0.5, 0.6) is 5.75 Å². The molecule has 0 saturated heterocycles. The van der Waals surface area contributed by atoms with E-state index in [2.05, 4.69) is 17.2 Å². The Morgan fingerprint density at radius 1 is 1.09 bits per heavy atom. The second-order valence-corrected chi connectivity index (χ2v) is 8.39. The van der Waals surface area contributed by atoms with E-state index < -0.39 is 29.6 Å². The minimum atomic E-state index is -1.05. The molecule has 8 nitrogen and oxygen atoms in total. The first kappa shape index (κ1) is 25.5. The van der Waals surface area contributed by atoms with Crippen molar-refractivity contribution in [2.24, 2.45) is 0 Å². The molecule has 1 atom stereocenters. The van der Waals surface area contributed by atoms with Crippen LogP contribution in [0, 0.1) is 0 Å². The summed E-state index contributed by atoms with van der Waals surface area (Å²) in [5, 5.41) is 15.2. The van der Waals surface area contributed by atoms with Gasteiger partial charge in [0.2, 0.25) is 11.8 Å². The Morgan fingerprint density at radius 2 is 1.79 bits per heavy atom. The zero-order chi connectivity index (χ0) is 24.4. The van der Waals surface area contributed by atoms with Crippen LogP contribution in [0.15, 0.2) is 67.3 Å². The lowest BCUT2D eigenvalue weighted by Gasteiger charge is -2.31. The van der Waals surface area contributed by atoms with Crippen molar-refractivity contribution in [3.63, 3.8) is 0 Å². The van der Waals surface area contributed by atoms with Gasteiger partial charge in [0, 0.05) is 13.1 Å². The van der Waals surface area contributed by atoms with Crippen molar-refractivity contribution in [1.29, 1.82) is 0 Å². The number of carbonyl (C=O) groups excluding carboxylic acids is 3. The number of benzene rings is 2. The van der Waals surface area contributed by atoms with E-state index in [-0.39, 0.29) is 25.4 Å². The monoisotopic (exact) mass is 453 g/mol. The minimum absolute atomic E-state index is 0.0359. The van der Waals surface area contributed by atoms with Crippen LogP contribution in [0.25, 0.3) is 0 Å². The van der Waals surface area contributed by atoms with Gasteiger partial charge in [-0.05, 0) is 44.0 Å². The molecule has 3 N–H and O–H groups in total.